The van der Waals surface area contributed by atoms with Crippen molar-refractivity contribution < 1.29 is 0 Å². The summed E-state index contributed by atoms with van der Waals surface area (Å²) in [7, 11) is -1.05. The van der Waals surface area contributed by atoms with Crippen LogP contribution < -0.4 is 0 Å². The van der Waals surface area contributed by atoms with Gasteiger partial charge in [0.15, 0.2) is 0 Å². The SMILES string of the molecule is Cl[Si](Cl)CCCCCCCC[Si](Cl)(Cl)Cl. The molecular weight excluding hydrogens is 330 g/mol. The van der Waals surface area contributed by atoms with Crippen molar-refractivity contribution in [3.63, 3.8) is 0 Å². The van der Waals surface area contributed by atoms with Gasteiger partial charge in [0.1, 0.15) is 0 Å². The summed E-state index contributed by atoms with van der Waals surface area (Å²) < 4.78 is 0. The van der Waals surface area contributed by atoms with E-state index in [1.165, 1.54) is 25.7 Å². The van der Waals surface area contributed by atoms with Crippen molar-refractivity contribution in [3.05, 3.63) is 0 Å². The lowest BCUT2D eigenvalue weighted by Gasteiger charge is -2.06. The molecule has 7 heteroatoms. The van der Waals surface area contributed by atoms with Crippen LogP contribution in [-0.4, -0.2) is 13.4 Å². The molecule has 15 heavy (non-hydrogen) atoms. The summed E-state index contributed by atoms with van der Waals surface area (Å²) in [4.78, 5) is 0. The summed E-state index contributed by atoms with van der Waals surface area (Å²) in [6, 6.07) is -0.581. The Morgan fingerprint density at radius 2 is 1.20 bits per heavy atom. The molecule has 91 valence electrons. The smallest absolute Gasteiger partial charge is 0.147 e. The van der Waals surface area contributed by atoms with E-state index in [4.69, 9.17) is 55.4 Å². The molecule has 0 rings (SSSR count). The molecule has 0 nitrogen and oxygen atoms in total. The molecule has 0 unspecified atom stereocenters. The Kier molecular flexibility index (Phi) is 11.1. The van der Waals surface area contributed by atoms with E-state index in [1.807, 2.05) is 0 Å². The molecule has 0 spiro atoms. The van der Waals surface area contributed by atoms with E-state index in [0.29, 0.717) is 0 Å². The second-order valence-corrected chi connectivity index (χ2v) is 17.3. The maximum absolute atomic E-state index is 5.77. The molecule has 0 N–H and O–H groups in total. The number of hydrogen-bond donors (Lipinski definition) is 0. The maximum Gasteiger partial charge on any atom is 0.341 e. The Labute approximate surface area is 119 Å². The summed E-state index contributed by atoms with van der Waals surface area (Å²) in [5.74, 6) is 0. The first-order chi connectivity index (χ1) is 6.92. The number of rotatable bonds is 9. The fraction of sp³-hybridized carbons (Fsp3) is 1.00. The van der Waals surface area contributed by atoms with Crippen molar-refractivity contribution in [2.45, 2.75) is 50.6 Å². The Morgan fingerprint density at radius 3 is 1.67 bits per heavy atom. The lowest BCUT2D eigenvalue weighted by molar-refractivity contribution is 0.623. The van der Waals surface area contributed by atoms with Crippen molar-refractivity contribution in [2.24, 2.45) is 0 Å². The van der Waals surface area contributed by atoms with Gasteiger partial charge in [0.05, 0.1) is 0 Å². The normalized spacial score (nSPS) is 12.4. The fourth-order valence-corrected chi connectivity index (χ4v) is 4.46. The molecule has 1 radical (unpaired) electrons. The first-order valence-corrected chi connectivity index (χ1v) is 14.1. The molecule has 0 heterocycles. The van der Waals surface area contributed by atoms with Gasteiger partial charge in [0, 0.05) is 0 Å². The van der Waals surface area contributed by atoms with Crippen molar-refractivity contribution in [1.82, 2.24) is 0 Å². The Bertz CT molecular complexity index is 148. The van der Waals surface area contributed by atoms with Gasteiger partial charge in [0.2, 0.25) is 0 Å². The van der Waals surface area contributed by atoms with Gasteiger partial charge >= 0.3 is 6.00 Å². The van der Waals surface area contributed by atoms with Crippen LogP contribution in [0.5, 0.6) is 0 Å². The van der Waals surface area contributed by atoms with Gasteiger partial charge in [-0.2, -0.15) is 0 Å². The lowest BCUT2D eigenvalue weighted by Crippen LogP contribution is -2.07. The van der Waals surface area contributed by atoms with Crippen molar-refractivity contribution in [2.75, 3.05) is 0 Å². The van der Waals surface area contributed by atoms with Gasteiger partial charge in [0.25, 0.3) is 7.42 Å². The minimum atomic E-state index is -2.36. The van der Waals surface area contributed by atoms with Crippen LogP contribution >= 0.6 is 55.4 Å². The fourth-order valence-electron chi connectivity index (χ4n) is 1.29. The number of halogens is 5. The highest BCUT2D eigenvalue weighted by atomic mass is 35.8. The molecule has 0 aliphatic heterocycles. The van der Waals surface area contributed by atoms with E-state index >= 15 is 0 Å². The van der Waals surface area contributed by atoms with E-state index in [1.54, 1.807) is 0 Å². The van der Waals surface area contributed by atoms with Crippen LogP contribution in [0.2, 0.25) is 12.1 Å². The highest BCUT2D eigenvalue weighted by molar-refractivity contribution is 7.64. The average molecular weight is 346 g/mol. The molecule has 0 saturated heterocycles. The van der Waals surface area contributed by atoms with Crippen LogP contribution in [0.1, 0.15) is 38.5 Å². The molecule has 0 atom stereocenters. The third kappa shape index (κ3) is 15.9. The minimum absolute atomic E-state index is 0.786. The molecule has 0 saturated carbocycles. The summed E-state index contributed by atoms with van der Waals surface area (Å²) in [5, 5.41) is 0. The Hall–Kier alpha value is 1.88. The second-order valence-electron chi connectivity index (χ2n) is 3.58. The summed E-state index contributed by atoms with van der Waals surface area (Å²) >= 11 is 28.8. The van der Waals surface area contributed by atoms with Gasteiger partial charge < -0.3 is 0 Å². The first-order valence-electron chi connectivity index (χ1n) is 5.15. The van der Waals surface area contributed by atoms with Crippen LogP contribution in [0.15, 0.2) is 0 Å². The summed E-state index contributed by atoms with van der Waals surface area (Å²) in [6.07, 6.45) is 7.05. The monoisotopic (exact) mass is 343 g/mol. The van der Waals surface area contributed by atoms with E-state index < -0.39 is 13.4 Å². The molecule has 0 aliphatic rings. The molecule has 0 aromatic heterocycles. The first kappa shape index (κ1) is 16.9. The highest BCUT2D eigenvalue weighted by Crippen LogP contribution is 2.27. The maximum atomic E-state index is 5.77. The van der Waals surface area contributed by atoms with Gasteiger partial charge in [-0.15, -0.1) is 55.4 Å². The van der Waals surface area contributed by atoms with Gasteiger partial charge in [-0.3, -0.25) is 0 Å². The van der Waals surface area contributed by atoms with Gasteiger partial charge in [-0.1, -0.05) is 38.5 Å². The number of hydrogen-bond acceptors (Lipinski definition) is 0. The van der Waals surface area contributed by atoms with Gasteiger partial charge in [-0.05, 0) is 12.1 Å². The minimum Gasteiger partial charge on any atom is -0.147 e. The molecule has 0 bridgehead atoms. The Morgan fingerprint density at radius 1 is 0.733 bits per heavy atom. The molecule has 0 aliphatic carbocycles. The topological polar surface area (TPSA) is 0 Å². The van der Waals surface area contributed by atoms with E-state index in [2.05, 4.69) is 0 Å². The average Bonchev–Trinajstić information content (AvgIpc) is 2.07. The quantitative estimate of drug-likeness (QED) is 0.275. The van der Waals surface area contributed by atoms with Crippen molar-refractivity contribution >= 4 is 68.8 Å². The van der Waals surface area contributed by atoms with Crippen LogP contribution in [0.4, 0.5) is 0 Å². The van der Waals surface area contributed by atoms with Crippen LogP contribution in [0.25, 0.3) is 0 Å². The molecular formula is C8H16Cl5Si2. The zero-order chi connectivity index (χ0) is 11.7. The third-order valence-corrected chi connectivity index (χ3v) is 6.56. The predicted octanol–water partition coefficient (Wildman–Crippen LogP) is 5.95. The second kappa shape index (κ2) is 9.87. The number of unbranched alkanes of at least 4 members (excludes halogenated alkanes) is 5. The summed E-state index contributed by atoms with van der Waals surface area (Å²) in [5.41, 5.74) is 0. The zero-order valence-electron chi connectivity index (χ0n) is 8.55. The zero-order valence-corrected chi connectivity index (χ0v) is 14.3. The van der Waals surface area contributed by atoms with E-state index in [-0.39, 0.29) is 0 Å². The van der Waals surface area contributed by atoms with Crippen molar-refractivity contribution in [3.8, 4) is 0 Å². The molecule has 0 aromatic rings. The van der Waals surface area contributed by atoms with Crippen LogP contribution in [0, 0.1) is 0 Å². The van der Waals surface area contributed by atoms with E-state index in [0.717, 1.165) is 24.9 Å². The van der Waals surface area contributed by atoms with E-state index in [9.17, 15) is 0 Å². The predicted molar refractivity (Wildman–Crippen MR) is 78.1 cm³/mol. The standard InChI is InChI=1S/C8H16Cl5Si2/c9-14(10)7-5-3-1-2-4-6-8-15(11,12)13/h1-8H2. The molecule has 0 fully saturated rings. The Balaban J connectivity index is 3.06. The van der Waals surface area contributed by atoms with Gasteiger partial charge in [-0.25, -0.2) is 0 Å². The van der Waals surface area contributed by atoms with Crippen molar-refractivity contribution in [1.29, 1.82) is 0 Å². The molecule has 0 amide bonds. The lowest BCUT2D eigenvalue weighted by atomic mass is 10.1. The third-order valence-electron chi connectivity index (χ3n) is 2.08. The largest absolute Gasteiger partial charge is 0.341 e. The molecule has 0 aromatic carbocycles. The van der Waals surface area contributed by atoms with Crippen LogP contribution in [0.3, 0.4) is 0 Å². The highest BCUT2D eigenvalue weighted by Gasteiger charge is 2.23. The summed E-state index contributed by atoms with van der Waals surface area (Å²) in [6.45, 7) is 0. The van der Waals surface area contributed by atoms with Crippen LogP contribution in [-0.2, 0) is 0 Å².